The number of hydrogen-bond acceptors (Lipinski definition) is 7. The number of aryl methyl sites for hydroxylation is 1. The van der Waals surface area contributed by atoms with E-state index in [1.165, 1.54) is 4.88 Å². The summed E-state index contributed by atoms with van der Waals surface area (Å²) in [6, 6.07) is 12.3. The van der Waals surface area contributed by atoms with Crippen molar-refractivity contribution in [3.05, 3.63) is 57.3 Å². The van der Waals surface area contributed by atoms with Crippen LogP contribution in [0.4, 0.5) is 0 Å². The zero-order valence-electron chi connectivity index (χ0n) is 22.0. The van der Waals surface area contributed by atoms with E-state index < -0.39 is 12.4 Å². The number of β-lactam (4-membered cyclic amide) rings is 1. The molecule has 2 N–H and O–H groups in total. The van der Waals surface area contributed by atoms with Crippen LogP contribution in [0.15, 0.2) is 36.4 Å². The Morgan fingerprint density at radius 2 is 1.84 bits per heavy atom. The van der Waals surface area contributed by atoms with Gasteiger partial charge in [-0.2, -0.15) is 0 Å². The molecule has 1 aromatic carbocycles. The Kier molecular flexibility index (Phi) is 11.0. The predicted octanol–water partition coefficient (Wildman–Crippen LogP) is 4.61. The highest BCUT2D eigenvalue weighted by molar-refractivity contribution is 7.12. The molecule has 7 nitrogen and oxygen atoms in total. The molecule has 1 amide bonds. The zero-order valence-corrected chi connectivity index (χ0v) is 22.8. The average molecular weight is 531 g/mol. The summed E-state index contributed by atoms with van der Waals surface area (Å²) in [4.78, 5) is 18.6. The van der Waals surface area contributed by atoms with E-state index in [9.17, 15) is 15.0 Å². The number of thiophene rings is 1. The molecule has 0 aliphatic carbocycles. The van der Waals surface area contributed by atoms with Gasteiger partial charge in [0.25, 0.3) is 0 Å². The second kappa shape index (κ2) is 14.4. The molecular weight excluding hydrogens is 488 g/mol. The SMILES string of the molecule is CCCCCC(O)c1ccc([C@H]2CC(=O)N2CCCc2ccc(C(O)OCCN3CCOCC3)s2)cc1. The molecule has 1 aromatic heterocycles. The minimum atomic E-state index is -0.894. The highest BCUT2D eigenvalue weighted by Gasteiger charge is 2.36. The lowest BCUT2D eigenvalue weighted by atomic mass is 9.92. The smallest absolute Gasteiger partial charge is 0.225 e. The Hall–Kier alpha value is -1.81. The molecule has 0 bridgehead atoms. The number of likely N-dealkylation sites (tertiary alicyclic amines) is 1. The number of unbranched alkanes of at least 4 members (excludes halogenated alkanes) is 2. The first-order chi connectivity index (χ1) is 18.0. The summed E-state index contributed by atoms with van der Waals surface area (Å²) >= 11 is 1.58. The molecule has 2 unspecified atom stereocenters. The van der Waals surface area contributed by atoms with Crippen LogP contribution in [-0.2, 0) is 20.7 Å². The number of carbonyl (C=O) groups excluding carboxylic acids is 1. The Balaban J connectivity index is 1.18. The van der Waals surface area contributed by atoms with Crippen molar-refractivity contribution in [2.75, 3.05) is 46.0 Å². The molecule has 37 heavy (non-hydrogen) atoms. The van der Waals surface area contributed by atoms with Crippen LogP contribution in [-0.4, -0.2) is 71.9 Å². The number of hydrogen-bond donors (Lipinski definition) is 2. The molecule has 3 heterocycles. The quantitative estimate of drug-likeness (QED) is 0.199. The van der Waals surface area contributed by atoms with Gasteiger partial charge < -0.3 is 24.6 Å². The van der Waals surface area contributed by atoms with E-state index >= 15 is 0 Å². The van der Waals surface area contributed by atoms with E-state index in [0.29, 0.717) is 13.0 Å². The Labute approximate surface area is 225 Å². The molecule has 204 valence electrons. The number of nitrogens with zero attached hydrogens (tertiary/aromatic N) is 2. The van der Waals surface area contributed by atoms with Crippen LogP contribution in [0.3, 0.4) is 0 Å². The molecule has 0 saturated carbocycles. The van der Waals surface area contributed by atoms with Gasteiger partial charge in [0.1, 0.15) is 0 Å². The van der Waals surface area contributed by atoms with E-state index in [-0.39, 0.29) is 11.9 Å². The molecule has 2 saturated heterocycles. The maximum absolute atomic E-state index is 12.3. The number of ether oxygens (including phenoxy) is 2. The molecule has 3 atom stereocenters. The third kappa shape index (κ3) is 8.09. The number of aliphatic hydroxyl groups excluding tert-OH is 2. The molecule has 2 fully saturated rings. The van der Waals surface area contributed by atoms with Gasteiger partial charge in [0, 0.05) is 31.1 Å². The van der Waals surface area contributed by atoms with Gasteiger partial charge >= 0.3 is 0 Å². The molecule has 0 radical (unpaired) electrons. The van der Waals surface area contributed by atoms with Gasteiger partial charge in [-0.3, -0.25) is 9.69 Å². The van der Waals surface area contributed by atoms with Gasteiger partial charge in [-0.05, 0) is 42.5 Å². The number of rotatable bonds is 15. The maximum Gasteiger partial charge on any atom is 0.225 e. The number of benzene rings is 1. The van der Waals surface area contributed by atoms with Gasteiger partial charge in [0.05, 0.1) is 43.3 Å². The minimum absolute atomic E-state index is 0.124. The third-order valence-electron chi connectivity index (χ3n) is 7.39. The van der Waals surface area contributed by atoms with Crippen LogP contribution in [0.1, 0.15) is 84.8 Å². The summed E-state index contributed by atoms with van der Waals surface area (Å²) in [5, 5.41) is 20.8. The topological polar surface area (TPSA) is 82.5 Å². The Morgan fingerprint density at radius 1 is 1.05 bits per heavy atom. The summed E-state index contributed by atoms with van der Waals surface area (Å²) in [7, 11) is 0. The monoisotopic (exact) mass is 530 g/mol. The van der Waals surface area contributed by atoms with Crippen LogP contribution in [0.2, 0.25) is 0 Å². The van der Waals surface area contributed by atoms with Gasteiger partial charge in [0.15, 0.2) is 6.29 Å². The number of amides is 1. The predicted molar refractivity (Wildman–Crippen MR) is 145 cm³/mol. The Morgan fingerprint density at radius 3 is 2.57 bits per heavy atom. The average Bonchev–Trinajstić information content (AvgIpc) is 3.39. The highest BCUT2D eigenvalue weighted by atomic mass is 32.1. The molecule has 0 spiro atoms. The van der Waals surface area contributed by atoms with Crippen molar-refractivity contribution < 1.29 is 24.5 Å². The van der Waals surface area contributed by atoms with E-state index in [1.807, 2.05) is 23.1 Å². The van der Waals surface area contributed by atoms with Crippen molar-refractivity contribution >= 4 is 17.2 Å². The lowest BCUT2D eigenvalue weighted by Gasteiger charge is -2.41. The molecule has 8 heteroatoms. The first kappa shape index (κ1) is 28.2. The fraction of sp³-hybridized carbons (Fsp3) is 0.621. The van der Waals surface area contributed by atoms with E-state index in [4.69, 9.17) is 9.47 Å². The molecule has 2 aliphatic rings. The minimum Gasteiger partial charge on any atom is -0.388 e. The fourth-order valence-corrected chi connectivity index (χ4v) is 6.00. The van der Waals surface area contributed by atoms with E-state index in [0.717, 1.165) is 93.9 Å². The first-order valence-corrected chi connectivity index (χ1v) is 14.6. The molecular formula is C29H42N2O5S. The maximum atomic E-state index is 12.3. The van der Waals surface area contributed by atoms with Crippen LogP contribution < -0.4 is 0 Å². The van der Waals surface area contributed by atoms with E-state index in [1.54, 1.807) is 11.3 Å². The number of aliphatic hydroxyl groups is 2. The van der Waals surface area contributed by atoms with Crippen molar-refractivity contribution in [1.29, 1.82) is 0 Å². The van der Waals surface area contributed by atoms with Gasteiger partial charge in [-0.1, -0.05) is 50.5 Å². The van der Waals surface area contributed by atoms with Gasteiger partial charge in [0.2, 0.25) is 5.91 Å². The molecule has 2 aromatic rings. The standard InChI is InChI=1S/C29H42N2O5S/c1-2-3-4-7-26(32)23-10-8-22(9-11-23)25-21-28(33)31(25)14-5-6-24-12-13-27(37-24)29(34)36-20-17-30-15-18-35-19-16-30/h8-13,25-26,29,32,34H,2-7,14-21H2,1H3/t25-,26?,29?/m1/s1. The first-order valence-electron chi connectivity index (χ1n) is 13.8. The van der Waals surface area contributed by atoms with Crippen LogP contribution >= 0.6 is 11.3 Å². The number of morpholine rings is 1. The summed E-state index contributed by atoms with van der Waals surface area (Å²) in [6.07, 6.45) is 5.12. The normalized spacial score (nSPS) is 20.1. The second-order valence-electron chi connectivity index (χ2n) is 10.1. The molecule has 4 rings (SSSR count). The summed E-state index contributed by atoms with van der Waals surface area (Å²) < 4.78 is 11.0. The third-order valence-corrected chi connectivity index (χ3v) is 8.56. The van der Waals surface area contributed by atoms with E-state index in [2.05, 4.69) is 30.0 Å². The van der Waals surface area contributed by atoms with Crippen molar-refractivity contribution in [2.24, 2.45) is 0 Å². The lowest BCUT2D eigenvalue weighted by molar-refractivity contribution is -0.146. The second-order valence-corrected chi connectivity index (χ2v) is 11.3. The largest absolute Gasteiger partial charge is 0.388 e. The number of carbonyl (C=O) groups is 1. The van der Waals surface area contributed by atoms with Crippen LogP contribution in [0.25, 0.3) is 0 Å². The summed E-state index contributed by atoms with van der Waals surface area (Å²) in [5.41, 5.74) is 2.10. The van der Waals surface area contributed by atoms with Crippen LogP contribution in [0, 0.1) is 0 Å². The highest BCUT2D eigenvalue weighted by Crippen LogP contribution is 2.35. The Bertz CT molecular complexity index is 959. The van der Waals surface area contributed by atoms with Crippen molar-refractivity contribution in [1.82, 2.24) is 9.80 Å². The van der Waals surface area contributed by atoms with Crippen molar-refractivity contribution in [3.63, 3.8) is 0 Å². The molecule has 2 aliphatic heterocycles. The van der Waals surface area contributed by atoms with Crippen molar-refractivity contribution in [3.8, 4) is 0 Å². The fourth-order valence-electron chi connectivity index (χ4n) is 5.01. The lowest BCUT2D eigenvalue weighted by Crippen LogP contribution is -2.46. The zero-order chi connectivity index (χ0) is 26.0. The van der Waals surface area contributed by atoms with Gasteiger partial charge in [-0.15, -0.1) is 11.3 Å². The van der Waals surface area contributed by atoms with Crippen molar-refractivity contribution in [2.45, 2.75) is 70.3 Å². The van der Waals surface area contributed by atoms with Crippen LogP contribution in [0.5, 0.6) is 0 Å². The summed E-state index contributed by atoms with van der Waals surface area (Å²) in [5.74, 6) is 0.199. The summed E-state index contributed by atoms with van der Waals surface area (Å²) in [6.45, 7) is 7.52. The van der Waals surface area contributed by atoms with Gasteiger partial charge in [-0.25, -0.2) is 0 Å².